The second-order valence-electron chi connectivity index (χ2n) is 8.03. The zero-order valence-electron chi connectivity index (χ0n) is 17.6. The van der Waals surface area contributed by atoms with E-state index < -0.39 is 11.6 Å². The van der Waals surface area contributed by atoms with Crippen LogP contribution in [-0.2, 0) is 0 Å². The van der Waals surface area contributed by atoms with E-state index in [2.05, 4.69) is 11.8 Å². The van der Waals surface area contributed by atoms with Crippen molar-refractivity contribution >= 4 is 43.9 Å². The van der Waals surface area contributed by atoms with Crippen molar-refractivity contribution in [3.8, 4) is 22.9 Å². The van der Waals surface area contributed by atoms with Gasteiger partial charge in [-0.1, -0.05) is 24.6 Å². The van der Waals surface area contributed by atoms with Gasteiger partial charge in [0.2, 0.25) is 0 Å². The van der Waals surface area contributed by atoms with Crippen molar-refractivity contribution in [1.29, 1.82) is 5.26 Å². The van der Waals surface area contributed by atoms with E-state index in [1.54, 1.807) is 4.90 Å². The van der Waals surface area contributed by atoms with Crippen molar-refractivity contribution in [2.75, 3.05) is 38.5 Å². The van der Waals surface area contributed by atoms with Gasteiger partial charge in [-0.05, 0) is 24.2 Å². The Balaban J connectivity index is 1.69. The summed E-state index contributed by atoms with van der Waals surface area (Å²) in [5.74, 6) is -1.57. The number of likely N-dealkylation sites (N-methyl/N-ethyl adjacent to an activating group) is 1. The summed E-state index contributed by atoms with van der Waals surface area (Å²) in [6, 6.07) is 5.46. The SMILES string of the molecule is CCN1CCN2C(=O)c3cc(F)c(-c4ccc(F)c5sc(N)c(C#N)c45)c(Cl)c3OCC2C1. The van der Waals surface area contributed by atoms with Gasteiger partial charge in [-0.3, -0.25) is 9.69 Å². The molecule has 0 bridgehead atoms. The maximum atomic E-state index is 15.5. The molecule has 1 unspecified atom stereocenters. The number of nitrogens with two attached hydrogens (primary N) is 1. The first-order valence-corrected chi connectivity index (χ1v) is 11.6. The summed E-state index contributed by atoms with van der Waals surface area (Å²) >= 11 is 7.57. The first-order valence-electron chi connectivity index (χ1n) is 10.4. The molecule has 3 heterocycles. The van der Waals surface area contributed by atoms with Crippen LogP contribution in [0, 0.1) is 23.0 Å². The van der Waals surface area contributed by atoms with Crippen LogP contribution in [0.3, 0.4) is 0 Å². The topological polar surface area (TPSA) is 82.6 Å². The van der Waals surface area contributed by atoms with Gasteiger partial charge in [0.1, 0.15) is 29.3 Å². The summed E-state index contributed by atoms with van der Waals surface area (Å²) in [6.07, 6.45) is 0. The molecule has 1 saturated heterocycles. The highest BCUT2D eigenvalue weighted by molar-refractivity contribution is 7.23. The van der Waals surface area contributed by atoms with Crippen molar-refractivity contribution in [1.82, 2.24) is 9.80 Å². The van der Waals surface area contributed by atoms with Crippen LogP contribution in [0.25, 0.3) is 21.2 Å². The van der Waals surface area contributed by atoms with Gasteiger partial charge in [-0.2, -0.15) is 5.26 Å². The van der Waals surface area contributed by atoms with Gasteiger partial charge in [-0.15, -0.1) is 11.3 Å². The number of halogens is 3. The molecule has 2 aliphatic heterocycles. The van der Waals surface area contributed by atoms with Gasteiger partial charge < -0.3 is 15.4 Å². The molecule has 0 aliphatic carbocycles. The van der Waals surface area contributed by atoms with E-state index in [1.807, 2.05) is 6.07 Å². The number of nitrogens with zero attached hydrogens (tertiary/aromatic N) is 3. The largest absolute Gasteiger partial charge is 0.489 e. The number of carbonyl (C=O) groups is 1. The van der Waals surface area contributed by atoms with Crippen LogP contribution >= 0.6 is 22.9 Å². The van der Waals surface area contributed by atoms with E-state index in [0.717, 1.165) is 30.5 Å². The quantitative estimate of drug-likeness (QED) is 0.574. The summed E-state index contributed by atoms with van der Waals surface area (Å²) in [6.45, 7) is 5.02. The monoisotopic (exact) mass is 488 g/mol. The van der Waals surface area contributed by atoms with Crippen LogP contribution in [0.2, 0.25) is 5.02 Å². The molecule has 2 aliphatic rings. The summed E-state index contributed by atoms with van der Waals surface area (Å²) in [4.78, 5) is 17.2. The minimum Gasteiger partial charge on any atom is -0.489 e. The average molecular weight is 489 g/mol. The maximum absolute atomic E-state index is 15.5. The number of fused-ring (bicyclic) bond motifs is 3. The Labute approximate surface area is 197 Å². The molecule has 10 heteroatoms. The van der Waals surface area contributed by atoms with Gasteiger partial charge in [0.25, 0.3) is 5.91 Å². The second kappa shape index (κ2) is 8.13. The molecule has 1 atom stereocenters. The third-order valence-electron chi connectivity index (χ3n) is 6.30. The second-order valence-corrected chi connectivity index (χ2v) is 9.46. The normalized spacial score (nSPS) is 18.5. The van der Waals surface area contributed by atoms with Gasteiger partial charge in [0, 0.05) is 30.6 Å². The predicted octanol–water partition coefficient (Wildman–Crippen LogP) is 4.49. The highest BCUT2D eigenvalue weighted by Crippen LogP contribution is 2.47. The Hall–Kier alpha value is -2.93. The predicted molar refractivity (Wildman–Crippen MR) is 124 cm³/mol. The molecule has 6 nitrogen and oxygen atoms in total. The first kappa shape index (κ1) is 21.9. The third-order valence-corrected chi connectivity index (χ3v) is 7.69. The number of carbonyl (C=O) groups excluding carboxylic acids is 1. The van der Waals surface area contributed by atoms with E-state index >= 15 is 4.39 Å². The van der Waals surface area contributed by atoms with Crippen molar-refractivity contribution < 1.29 is 18.3 Å². The molecule has 0 saturated carbocycles. The molecule has 170 valence electrons. The number of anilines is 1. The lowest BCUT2D eigenvalue weighted by Gasteiger charge is -2.39. The van der Waals surface area contributed by atoms with Crippen LogP contribution in [0.5, 0.6) is 5.75 Å². The van der Waals surface area contributed by atoms with E-state index in [0.29, 0.717) is 13.1 Å². The summed E-state index contributed by atoms with van der Waals surface area (Å²) < 4.78 is 36.1. The zero-order valence-corrected chi connectivity index (χ0v) is 19.2. The van der Waals surface area contributed by atoms with Crippen molar-refractivity contribution in [3.63, 3.8) is 0 Å². The van der Waals surface area contributed by atoms with E-state index in [9.17, 15) is 14.4 Å². The van der Waals surface area contributed by atoms with Gasteiger partial charge in [0.05, 0.1) is 26.9 Å². The van der Waals surface area contributed by atoms with Crippen molar-refractivity contribution in [3.05, 3.63) is 46.0 Å². The lowest BCUT2D eigenvalue weighted by atomic mass is 9.96. The van der Waals surface area contributed by atoms with Gasteiger partial charge in [0.15, 0.2) is 5.75 Å². The standard InChI is InChI=1S/C23H19ClF2N4O2S/c1-2-29-5-6-30-11(9-29)10-32-20-13(23(30)31)7-16(26)18(19(20)24)12-3-4-15(25)21-17(12)14(8-27)22(28)33-21/h3-4,7,11H,2,5-6,9-10,28H2,1H3. The fourth-order valence-electron chi connectivity index (χ4n) is 4.61. The molecule has 2 aromatic carbocycles. The Morgan fingerprint density at radius 1 is 1.30 bits per heavy atom. The van der Waals surface area contributed by atoms with E-state index in [-0.39, 0.29) is 66.7 Å². The number of piperazine rings is 1. The van der Waals surface area contributed by atoms with Crippen LogP contribution in [0.4, 0.5) is 13.8 Å². The van der Waals surface area contributed by atoms with Gasteiger partial charge >= 0.3 is 0 Å². The Kier molecular flexibility index (Phi) is 5.40. The molecular formula is C23H19ClF2N4O2S. The number of benzene rings is 2. The Morgan fingerprint density at radius 2 is 2.09 bits per heavy atom. The van der Waals surface area contributed by atoms with E-state index in [1.165, 1.54) is 12.1 Å². The number of rotatable bonds is 2. The molecule has 3 aromatic rings. The molecule has 1 fully saturated rings. The Morgan fingerprint density at radius 3 is 2.82 bits per heavy atom. The highest BCUT2D eigenvalue weighted by Gasteiger charge is 2.37. The molecule has 0 spiro atoms. The molecule has 1 aromatic heterocycles. The number of hydrogen-bond acceptors (Lipinski definition) is 6. The number of hydrogen-bond donors (Lipinski definition) is 1. The number of nitrogen functional groups attached to an aromatic ring is 1. The van der Waals surface area contributed by atoms with E-state index in [4.69, 9.17) is 22.1 Å². The van der Waals surface area contributed by atoms with Crippen LogP contribution in [-0.4, -0.2) is 54.5 Å². The molecule has 1 amide bonds. The molecule has 0 radical (unpaired) electrons. The first-order chi connectivity index (χ1) is 15.8. The number of thiophene rings is 1. The molecule has 5 rings (SSSR count). The van der Waals surface area contributed by atoms with Crippen molar-refractivity contribution in [2.24, 2.45) is 0 Å². The lowest BCUT2D eigenvalue weighted by Crippen LogP contribution is -2.56. The fraction of sp³-hybridized carbons (Fsp3) is 0.304. The molecule has 2 N–H and O–H groups in total. The summed E-state index contributed by atoms with van der Waals surface area (Å²) in [5, 5.41) is 9.81. The minimum absolute atomic E-state index is 0.0531. The number of nitriles is 1. The fourth-order valence-corrected chi connectivity index (χ4v) is 5.91. The summed E-state index contributed by atoms with van der Waals surface area (Å²) in [7, 11) is 0. The van der Waals surface area contributed by atoms with Gasteiger partial charge in [-0.25, -0.2) is 8.78 Å². The Bertz CT molecular complexity index is 1350. The molecule has 33 heavy (non-hydrogen) atoms. The molecular weight excluding hydrogens is 470 g/mol. The van der Waals surface area contributed by atoms with Crippen molar-refractivity contribution in [2.45, 2.75) is 13.0 Å². The average Bonchev–Trinajstić information content (AvgIpc) is 3.08. The highest BCUT2D eigenvalue weighted by atomic mass is 35.5. The number of ether oxygens (including phenoxy) is 1. The summed E-state index contributed by atoms with van der Waals surface area (Å²) in [5.41, 5.74) is 6.19. The third kappa shape index (κ3) is 3.32. The van der Waals surface area contributed by atoms with Crippen LogP contribution in [0.1, 0.15) is 22.8 Å². The smallest absolute Gasteiger partial charge is 0.258 e. The minimum atomic E-state index is -0.761. The maximum Gasteiger partial charge on any atom is 0.258 e. The lowest BCUT2D eigenvalue weighted by molar-refractivity contribution is 0.0399. The zero-order chi connectivity index (χ0) is 23.4. The number of amides is 1. The van der Waals surface area contributed by atoms with Crippen LogP contribution < -0.4 is 10.5 Å². The van der Waals surface area contributed by atoms with Crippen LogP contribution in [0.15, 0.2) is 18.2 Å².